The molecule has 0 saturated carbocycles. The van der Waals surface area contributed by atoms with Gasteiger partial charge in [-0.1, -0.05) is 20.8 Å². The molecule has 6 heteroatoms. The van der Waals surface area contributed by atoms with Crippen LogP contribution in [0.4, 0.5) is 4.79 Å². The maximum Gasteiger partial charge on any atom is 0.410 e. The molecule has 3 atom stereocenters. The van der Waals surface area contributed by atoms with Crippen LogP contribution < -0.4 is 5.73 Å². The van der Waals surface area contributed by atoms with E-state index < -0.39 is 23.0 Å². The Morgan fingerprint density at radius 3 is 2.23 bits per heavy atom. The second-order valence-corrected chi connectivity index (χ2v) is 7.94. The van der Waals surface area contributed by atoms with Crippen LogP contribution in [0.3, 0.4) is 0 Å². The van der Waals surface area contributed by atoms with Crippen LogP contribution in [0.15, 0.2) is 0 Å². The Labute approximate surface area is 133 Å². The van der Waals surface area contributed by atoms with Gasteiger partial charge in [-0.05, 0) is 44.4 Å². The molecule has 1 aliphatic heterocycles. The standard InChI is InChI=1S/C16H30N2O4/c1-10-9-18(14(21)22-15(2,3)4)8-7-11(10)16(5,6)12(17)13(19)20/h10-12H,7-9,17H2,1-6H3,(H,19,20). The number of ether oxygens (including phenoxy) is 1. The lowest BCUT2D eigenvalue weighted by molar-refractivity contribution is -0.143. The highest BCUT2D eigenvalue weighted by Crippen LogP contribution is 2.40. The molecule has 3 N–H and O–H groups in total. The van der Waals surface area contributed by atoms with Crippen molar-refractivity contribution >= 4 is 12.1 Å². The highest BCUT2D eigenvalue weighted by atomic mass is 16.6. The summed E-state index contributed by atoms with van der Waals surface area (Å²) in [7, 11) is 0. The fourth-order valence-electron chi connectivity index (χ4n) is 3.29. The van der Waals surface area contributed by atoms with Crippen LogP contribution in [0.5, 0.6) is 0 Å². The number of carbonyl (C=O) groups excluding carboxylic acids is 1. The molecule has 0 aromatic rings. The monoisotopic (exact) mass is 314 g/mol. The molecule has 1 fully saturated rings. The van der Waals surface area contributed by atoms with Crippen molar-refractivity contribution in [2.24, 2.45) is 23.0 Å². The Morgan fingerprint density at radius 1 is 1.27 bits per heavy atom. The Kier molecular flexibility index (Phi) is 5.49. The summed E-state index contributed by atoms with van der Waals surface area (Å²) in [6.07, 6.45) is 0.423. The number of hydrogen-bond acceptors (Lipinski definition) is 4. The molecular weight excluding hydrogens is 284 g/mol. The van der Waals surface area contributed by atoms with Crippen LogP contribution in [0, 0.1) is 17.3 Å². The van der Waals surface area contributed by atoms with Gasteiger partial charge in [0.2, 0.25) is 0 Å². The van der Waals surface area contributed by atoms with E-state index in [4.69, 9.17) is 10.5 Å². The molecule has 0 aromatic carbocycles. The van der Waals surface area contributed by atoms with Gasteiger partial charge in [0, 0.05) is 13.1 Å². The molecule has 1 amide bonds. The van der Waals surface area contributed by atoms with Crippen LogP contribution in [0.25, 0.3) is 0 Å². The van der Waals surface area contributed by atoms with Gasteiger partial charge in [0.25, 0.3) is 0 Å². The molecule has 0 bridgehead atoms. The van der Waals surface area contributed by atoms with E-state index in [1.807, 2.05) is 41.5 Å². The maximum atomic E-state index is 12.1. The lowest BCUT2D eigenvalue weighted by Crippen LogP contribution is -2.54. The van der Waals surface area contributed by atoms with Gasteiger partial charge >= 0.3 is 12.1 Å². The van der Waals surface area contributed by atoms with E-state index in [2.05, 4.69) is 0 Å². The van der Waals surface area contributed by atoms with Crippen LogP contribution in [-0.4, -0.2) is 46.8 Å². The van der Waals surface area contributed by atoms with Crippen molar-refractivity contribution in [3.8, 4) is 0 Å². The van der Waals surface area contributed by atoms with Crippen molar-refractivity contribution in [1.82, 2.24) is 4.90 Å². The highest BCUT2D eigenvalue weighted by molar-refractivity contribution is 5.74. The molecule has 1 saturated heterocycles. The quantitative estimate of drug-likeness (QED) is 0.834. The first-order valence-electron chi connectivity index (χ1n) is 7.82. The summed E-state index contributed by atoms with van der Waals surface area (Å²) in [5, 5.41) is 9.19. The van der Waals surface area contributed by atoms with Gasteiger partial charge < -0.3 is 20.5 Å². The third-order valence-electron chi connectivity index (χ3n) is 4.58. The minimum absolute atomic E-state index is 0.150. The summed E-state index contributed by atoms with van der Waals surface area (Å²) >= 11 is 0. The lowest BCUT2D eigenvalue weighted by Gasteiger charge is -2.46. The van der Waals surface area contributed by atoms with Crippen molar-refractivity contribution in [1.29, 1.82) is 0 Å². The molecule has 1 rings (SSSR count). The molecule has 0 aromatic heterocycles. The number of likely N-dealkylation sites (tertiary alicyclic amines) is 1. The highest BCUT2D eigenvalue weighted by Gasteiger charge is 2.44. The fraction of sp³-hybridized carbons (Fsp3) is 0.875. The number of rotatable bonds is 3. The summed E-state index contributed by atoms with van der Waals surface area (Å²) in [5.41, 5.74) is 4.83. The van der Waals surface area contributed by atoms with Gasteiger partial charge in [-0.3, -0.25) is 4.79 Å². The number of aliphatic carboxylic acids is 1. The normalized spacial score (nSPS) is 24.8. The molecule has 0 aliphatic carbocycles. The van der Waals surface area contributed by atoms with Crippen LogP contribution in [-0.2, 0) is 9.53 Å². The van der Waals surface area contributed by atoms with Gasteiger partial charge in [-0.25, -0.2) is 4.79 Å². The summed E-state index contributed by atoms with van der Waals surface area (Å²) in [6, 6.07) is -0.909. The zero-order valence-corrected chi connectivity index (χ0v) is 14.5. The van der Waals surface area contributed by atoms with Crippen molar-refractivity contribution in [3.63, 3.8) is 0 Å². The predicted molar refractivity (Wildman–Crippen MR) is 84.5 cm³/mol. The molecule has 22 heavy (non-hydrogen) atoms. The average molecular weight is 314 g/mol. The maximum absolute atomic E-state index is 12.1. The topological polar surface area (TPSA) is 92.9 Å². The van der Waals surface area contributed by atoms with Crippen molar-refractivity contribution in [2.45, 2.75) is 59.6 Å². The number of hydrogen-bond donors (Lipinski definition) is 2. The van der Waals surface area contributed by atoms with Gasteiger partial charge in [0.05, 0.1) is 0 Å². The van der Waals surface area contributed by atoms with E-state index in [0.29, 0.717) is 13.1 Å². The van der Waals surface area contributed by atoms with Crippen LogP contribution in [0.1, 0.15) is 48.0 Å². The summed E-state index contributed by atoms with van der Waals surface area (Å²) < 4.78 is 5.40. The molecule has 1 heterocycles. The fourth-order valence-corrected chi connectivity index (χ4v) is 3.29. The minimum Gasteiger partial charge on any atom is -0.480 e. The van der Waals surface area contributed by atoms with Crippen molar-refractivity contribution in [3.05, 3.63) is 0 Å². The van der Waals surface area contributed by atoms with E-state index in [1.165, 1.54) is 0 Å². The number of nitrogens with two attached hydrogens (primary N) is 1. The first-order valence-corrected chi connectivity index (χ1v) is 7.82. The first-order chi connectivity index (χ1) is 9.86. The van der Waals surface area contributed by atoms with Gasteiger partial charge in [-0.15, -0.1) is 0 Å². The van der Waals surface area contributed by atoms with E-state index >= 15 is 0 Å². The third-order valence-corrected chi connectivity index (χ3v) is 4.58. The first kappa shape index (κ1) is 18.7. The van der Waals surface area contributed by atoms with Gasteiger partial charge in [0.15, 0.2) is 0 Å². The second kappa shape index (κ2) is 6.44. The third kappa shape index (κ3) is 4.35. The molecule has 1 aliphatic rings. The van der Waals surface area contributed by atoms with E-state index in [0.717, 1.165) is 6.42 Å². The van der Waals surface area contributed by atoms with Crippen LogP contribution in [0.2, 0.25) is 0 Å². The van der Waals surface area contributed by atoms with Crippen molar-refractivity contribution < 1.29 is 19.4 Å². The van der Waals surface area contributed by atoms with Crippen molar-refractivity contribution in [2.75, 3.05) is 13.1 Å². The van der Waals surface area contributed by atoms with E-state index in [1.54, 1.807) is 4.90 Å². The number of amides is 1. The molecule has 0 spiro atoms. The Balaban J connectivity index is 2.74. The number of carbonyl (C=O) groups is 2. The Hall–Kier alpha value is -1.30. The number of carboxylic acid groups (broad SMARTS) is 1. The molecule has 6 nitrogen and oxygen atoms in total. The van der Waals surface area contributed by atoms with Gasteiger partial charge in [-0.2, -0.15) is 0 Å². The zero-order valence-electron chi connectivity index (χ0n) is 14.5. The lowest BCUT2D eigenvalue weighted by atomic mass is 9.65. The largest absolute Gasteiger partial charge is 0.480 e. The SMILES string of the molecule is CC1CN(C(=O)OC(C)(C)C)CCC1C(C)(C)C(N)C(=O)O. The number of carboxylic acids is 1. The summed E-state index contributed by atoms with van der Waals surface area (Å²) in [6.45, 7) is 12.5. The van der Waals surface area contributed by atoms with Crippen LogP contribution >= 0.6 is 0 Å². The molecular formula is C16H30N2O4. The van der Waals surface area contributed by atoms with Gasteiger partial charge in [0.1, 0.15) is 11.6 Å². The van der Waals surface area contributed by atoms with E-state index in [-0.39, 0.29) is 17.9 Å². The second-order valence-electron chi connectivity index (χ2n) is 7.94. The van der Waals surface area contributed by atoms with E-state index in [9.17, 15) is 14.7 Å². The smallest absolute Gasteiger partial charge is 0.410 e. The molecule has 3 unspecified atom stereocenters. The molecule has 0 radical (unpaired) electrons. The zero-order chi connectivity index (χ0) is 17.3. The number of piperidine rings is 1. The summed E-state index contributed by atoms with van der Waals surface area (Å²) in [5.74, 6) is -0.661. The minimum atomic E-state index is -0.980. The average Bonchev–Trinajstić information content (AvgIpc) is 2.35. The predicted octanol–water partition coefficient (Wildman–Crippen LogP) is 2.32. The number of nitrogens with zero attached hydrogens (tertiary/aromatic N) is 1. The molecule has 128 valence electrons. The summed E-state index contributed by atoms with van der Waals surface area (Å²) in [4.78, 5) is 25.1. The Morgan fingerprint density at radius 2 is 1.82 bits per heavy atom. The Bertz CT molecular complexity index is 428.